The molecule has 0 saturated heterocycles. The van der Waals surface area contributed by atoms with Gasteiger partial charge in [0.15, 0.2) is 0 Å². The molecule has 0 atom stereocenters. The molecule has 0 unspecified atom stereocenters. The van der Waals surface area contributed by atoms with Gasteiger partial charge in [-0.3, -0.25) is 14.8 Å². The number of hydrogen-bond donors (Lipinski definition) is 1. The van der Waals surface area contributed by atoms with E-state index in [0.29, 0.717) is 17.6 Å². The number of aromatic nitrogens is 4. The Hall–Kier alpha value is -2.93. The first kappa shape index (κ1) is 18.4. The van der Waals surface area contributed by atoms with Crippen molar-refractivity contribution in [1.29, 1.82) is 0 Å². The predicted octanol–water partition coefficient (Wildman–Crippen LogP) is 3.15. The van der Waals surface area contributed by atoms with Gasteiger partial charge in [-0.2, -0.15) is 0 Å². The third-order valence-corrected chi connectivity index (χ3v) is 5.45. The van der Waals surface area contributed by atoms with E-state index < -0.39 is 0 Å². The van der Waals surface area contributed by atoms with Gasteiger partial charge in [-0.1, -0.05) is 0 Å². The van der Waals surface area contributed by atoms with Crippen LogP contribution in [0.5, 0.6) is 0 Å². The summed E-state index contributed by atoms with van der Waals surface area (Å²) in [6, 6.07) is 6.24. The summed E-state index contributed by atoms with van der Waals surface area (Å²) in [7, 11) is 4.21. The Morgan fingerprint density at radius 3 is 2.57 bits per heavy atom. The molecule has 1 saturated carbocycles. The van der Waals surface area contributed by atoms with Crippen LogP contribution in [0, 0.1) is 5.92 Å². The lowest BCUT2D eigenvalue weighted by Gasteiger charge is -2.31. The van der Waals surface area contributed by atoms with Crippen molar-refractivity contribution in [3.8, 4) is 11.4 Å². The normalized spacial score (nSPS) is 19.7. The molecular formula is C21H24N6O. The summed E-state index contributed by atoms with van der Waals surface area (Å²) in [4.78, 5) is 32.3. The maximum atomic E-state index is 12.7. The third-order valence-electron chi connectivity index (χ3n) is 5.45. The van der Waals surface area contributed by atoms with E-state index in [4.69, 9.17) is 0 Å². The number of pyridine rings is 2. The molecular weight excluding hydrogens is 352 g/mol. The van der Waals surface area contributed by atoms with Gasteiger partial charge in [0.1, 0.15) is 11.5 Å². The van der Waals surface area contributed by atoms with Crippen molar-refractivity contribution in [2.24, 2.45) is 5.92 Å². The molecule has 1 N–H and O–H groups in total. The number of anilines is 1. The lowest BCUT2D eigenvalue weighted by atomic mass is 9.85. The number of hydrogen-bond acceptors (Lipinski definition) is 6. The first-order valence-electron chi connectivity index (χ1n) is 9.60. The SMILES string of the molecule is CN(C)C1CCC(C(=O)Nc2cc3nc(-c4cnccn4)ccc3cn2)CC1. The monoisotopic (exact) mass is 376 g/mol. The van der Waals surface area contributed by atoms with E-state index in [-0.39, 0.29) is 11.8 Å². The number of carbonyl (C=O) groups is 1. The first-order valence-corrected chi connectivity index (χ1v) is 9.60. The van der Waals surface area contributed by atoms with Crippen molar-refractivity contribution < 1.29 is 4.79 Å². The van der Waals surface area contributed by atoms with Gasteiger partial charge in [0.25, 0.3) is 0 Å². The molecule has 0 aliphatic heterocycles. The van der Waals surface area contributed by atoms with Crippen molar-refractivity contribution in [3.63, 3.8) is 0 Å². The second kappa shape index (κ2) is 7.98. The van der Waals surface area contributed by atoms with Crippen molar-refractivity contribution in [2.45, 2.75) is 31.7 Å². The van der Waals surface area contributed by atoms with Crippen LogP contribution in [0.3, 0.4) is 0 Å². The Labute approximate surface area is 164 Å². The lowest BCUT2D eigenvalue weighted by molar-refractivity contribution is -0.121. The van der Waals surface area contributed by atoms with E-state index in [1.54, 1.807) is 24.8 Å². The van der Waals surface area contributed by atoms with E-state index in [0.717, 1.165) is 42.3 Å². The van der Waals surface area contributed by atoms with E-state index in [1.165, 1.54) is 0 Å². The number of amides is 1. The van der Waals surface area contributed by atoms with Gasteiger partial charge in [-0.15, -0.1) is 0 Å². The molecule has 3 aromatic rings. The van der Waals surface area contributed by atoms with Crippen LogP contribution in [0.15, 0.2) is 43.0 Å². The Morgan fingerprint density at radius 2 is 1.86 bits per heavy atom. The number of nitrogens with zero attached hydrogens (tertiary/aromatic N) is 5. The van der Waals surface area contributed by atoms with Gasteiger partial charge in [-0.05, 0) is 51.9 Å². The van der Waals surface area contributed by atoms with E-state index in [9.17, 15) is 4.79 Å². The maximum Gasteiger partial charge on any atom is 0.228 e. The molecule has 1 fully saturated rings. The predicted molar refractivity (Wildman–Crippen MR) is 109 cm³/mol. The fraction of sp³-hybridized carbons (Fsp3) is 0.381. The maximum absolute atomic E-state index is 12.7. The van der Waals surface area contributed by atoms with Crippen LogP contribution in [0.2, 0.25) is 0 Å². The molecule has 3 aromatic heterocycles. The smallest absolute Gasteiger partial charge is 0.228 e. The average Bonchev–Trinajstić information content (AvgIpc) is 2.74. The molecule has 7 heteroatoms. The largest absolute Gasteiger partial charge is 0.310 e. The minimum atomic E-state index is 0.0487. The van der Waals surface area contributed by atoms with Gasteiger partial charge in [0.2, 0.25) is 5.91 Å². The zero-order valence-electron chi connectivity index (χ0n) is 16.2. The summed E-state index contributed by atoms with van der Waals surface area (Å²) in [6.45, 7) is 0. The van der Waals surface area contributed by atoms with Crippen LogP contribution in [-0.2, 0) is 4.79 Å². The highest BCUT2D eigenvalue weighted by molar-refractivity contribution is 5.93. The fourth-order valence-corrected chi connectivity index (χ4v) is 3.74. The van der Waals surface area contributed by atoms with Gasteiger partial charge in [0, 0.05) is 42.0 Å². The highest BCUT2D eigenvalue weighted by atomic mass is 16.1. The summed E-state index contributed by atoms with van der Waals surface area (Å²) in [6.07, 6.45) is 10.6. The van der Waals surface area contributed by atoms with Crippen LogP contribution in [0.1, 0.15) is 25.7 Å². The van der Waals surface area contributed by atoms with Gasteiger partial charge in [0.05, 0.1) is 17.4 Å². The average molecular weight is 376 g/mol. The molecule has 28 heavy (non-hydrogen) atoms. The second-order valence-electron chi connectivity index (χ2n) is 7.51. The minimum absolute atomic E-state index is 0.0487. The van der Waals surface area contributed by atoms with Crippen LogP contribution < -0.4 is 5.32 Å². The highest BCUT2D eigenvalue weighted by Gasteiger charge is 2.27. The second-order valence-corrected chi connectivity index (χ2v) is 7.51. The van der Waals surface area contributed by atoms with Crippen LogP contribution in [-0.4, -0.2) is 50.9 Å². The Bertz CT molecular complexity index is 967. The molecule has 0 bridgehead atoms. The van der Waals surface area contributed by atoms with Crippen molar-refractivity contribution in [3.05, 3.63) is 43.0 Å². The molecule has 0 spiro atoms. The highest BCUT2D eigenvalue weighted by Crippen LogP contribution is 2.28. The molecule has 4 rings (SSSR count). The molecule has 1 aliphatic carbocycles. The molecule has 0 radical (unpaired) electrons. The molecule has 144 valence electrons. The molecule has 1 amide bonds. The topological polar surface area (TPSA) is 83.9 Å². The summed E-state index contributed by atoms with van der Waals surface area (Å²) in [5.41, 5.74) is 2.22. The van der Waals surface area contributed by atoms with Crippen molar-refractivity contribution in [2.75, 3.05) is 19.4 Å². The Balaban J connectivity index is 1.49. The summed E-state index contributed by atoms with van der Waals surface area (Å²) >= 11 is 0. The third kappa shape index (κ3) is 3.99. The number of nitrogens with one attached hydrogen (secondary N) is 1. The van der Waals surface area contributed by atoms with Gasteiger partial charge in [-0.25, -0.2) is 9.97 Å². The summed E-state index contributed by atoms with van der Waals surface area (Å²) < 4.78 is 0. The Morgan fingerprint density at radius 1 is 1.04 bits per heavy atom. The number of carbonyl (C=O) groups excluding carboxylic acids is 1. The fourth-order valence-electron chi connectivity index (χ4n) is 3.74. The zero-order valence-corrected chi connectivity index (χ0v) is 16.2. The molecule has 3 heterocycles. The van der Waals surface area contributed by atoms with Crippen LogP contribution in [0.25, 0.3) is 22.3 Å². The van der Waals surface area contributed by atoms with E-state index in [2.05, 4.69) is 44.2 Å². The zero-order chi connectivity index (χ0) is 19.5. The summed E-state index contributed by atoms with van der Waals surface area (Å²) in [5, 5.41) is 3.89. The standard InChI is InChI=1S/C21H24N6O/c1-27(2)16-6-3-14(4-7-16)21(28)26-20-11-18-15(12-24-20)5-8-17(25-18)19-13-22-9-10-23-19/h5,8-14,16H,3-4,6-7H2,1-2H3,(H,24,26,28). The van der Waals surface area contributed by atoms with E-state index in [1.807, 2.05) is 18.2 Å². The minimum Gasteiger partial charge on any atom is -0.310 e. The first-order chi connectivity index (χ1) is 13.6. The van der Waals surface area contributed by atoms with Crippen molar-refractivity contribution in [1.82, 2.24) is 24.8 Å². The quantitative estimate of drug-likeness (QED) is 0.753. The van der Waals surface area contributed by atoms with Crippen LogP contribution >= 0.6 is 0 Å². The van der Waals surface area contributed by atoms with Gasteiger partial charge >= 0.3 is 0 Å². The molecule has 1 aliphatic rings. The van der Waals surface area contributed by atoms with Gasteiger partial charge < -0.3 is 10.2 Å². The van der Waals surface area contributed by atoms with E-state index >= 15 is 0 Å². The van der Waals surface area contributed by atoms with Crippen molar-refractivity contribution >= 4 is 22.6 Å². The van der Waals surface area contributed by atoms with Crippen LogP contribution in [0.4, 0.5) is 5.82 Å². The summed E-state index contributed by atoms with van der Waals surface area (Å²) in [5.74, 6) is 0.637. The molecule has 0 aromatic carbocycles. The Kier molecular flexibility index (Phi) is 5.25. The number of rotatable bonds is 4. The number of fused-ring (bicyclic) bond motifs is 1. The lowest BCUT2D eigenvalue weighted by Crippen LogP contribution is -2.35. The molecule has 7 nitrogen and oxygen atoms in total.